The van der Waals surface area contributed by atoms with Crippen LogP contribution in [0.25, 0.3) is 0 Å². The molecule has 0 aromatic rings. The molecule has 18 nitrogen and oxygen atoms in total. The third-order valence-corrected chi connectivity index (χ3v) is 4.85. The van der Waals surface area contributed by atoms with E-state index in [0.717, 1.165) is 6.92 Å². The van der Waals surface area contributed by atoms with E-state index < -0.39 is 110 Å². The molecule has 0 aromatic heterocycles. The van der Waals surface area contributed by atoms with Crippen molar-refractivity contribution in [2.45, 2.75) is 63.1 Å². The van der Waals surface area contributed by atoms with Crippen molar-refractivity contribution in [2.75, 3.05) is 19.7 Å². The largest absolute Gasteiger partial charge is 0.481 e. The highest BCUT2D eigenvalue weighted by molar-refractivity contribution is 5.96. The Labute approximate surface area is 216 Å². The quantitative estimate of drug-likeness (QED) is 0.0804. The summed E-state index contributed by atoms with van der Waals surface area (Å²) in [7, 11) is 0. The number of aliphatic hydroxyl groups is 3. The minimum absolute atomic E-state index is 0.480. The molecule has 0 bridgehead atoms. The van der Waals surface area contributed by atoms with Crippen LogP contribution in [0.15, 0.2) is 0 Å². The highest BCUT2D eigenvalue weighted by atomic mass is 16.4. The van der Waals surface area contributed by atoms with Crippen molar-refractivity contribution in [3.63, 3.8) is 0 Å². The highest BCUT2D eigenvalue weighted by Gasteiger charge is 2.34. The molecule has 0 fully saturated rings. The zero-order chi connectivity index (χ0) is 29.6. The van der Waals surface area contributed by atoms with Gasteiger partial charge in [-0.1, -0.05) is 0 Å². The van der Waals surface area contributed by atoms with Gasteiger partial charge < -0.3 is 57.9 Å². The molecule has 0 aromatic carbocycles. The Kier molecular flexibility index (Phi) is 15.1. The van der Waals surface area contributed by atoms with Crippen LogP contribution in [0.4, 0.5) is 0 Å². The number of carbonyl (C=O) groups is 7. The van der Waals surface area contributed by atoms with Crippen molar-refractivity contribution in [2.24, 2.45) is 5.73 Å². The summed E-state index contributed by atoms with van der Waals surface area (Å²) in [5.41, 5.74) is 5.17. The van der Waals surface area contributed by atoms with E-state index in [1.54, 1.807) is 0 Å². The van der Waals surface area contributed by atoms with E-state index in [9.17, 15) is 43.8 Å². The van der Waals surface area contributed by atoms with E-state index in [4.69, 9.17) is 21.1 Å². The zero-order valence-electron chi connectivity index (χ0n) is 20.7. The summed E-state index contributed by atoms with van der Waals surface area (Å²) in [6, 6.07) is -6.51. The average Bonchev–Trinajstić information content (AvgIpc) is 2.83. The molecule has 0 aliphatic heterocycles. The molecular weight excluding hydrogens is 516 g/mol. The van der Waals surface area contributed by atoms with E-state index in [-0.39, 0.29) is 0 Å². The van der Waals surface area contributed by atoms with Gasteiger partial charge in [0.1, 0.15) is 24.2 Å². The van der Waals surface area contributed by atoms with Gasteiger partial charge in [-0.15, -0.1) is 0 Å². The molecule has 0 rings (SSSR count). The Hall–Kier alpha value is -3.87. The average molecular weight is 551 g/mol. The monoisotopic (exact) mass is 550 g/mol. The van der Waals surface area contributed by atoms with Crippen LogP contribution in [-0.4, -0.2) is 123 Å². The summed E-state index contributed by atoms with van der Waals surface area (Å²) in [6.07, 6.45) is -4.10. The fourth-order valence-electron chi connectivity index (χ4n) is 2.81. The molecule has 0 saturated heterocycles. The van der Waals surface area contributed by atoms with Gasteiger partial charge in [-0.2, -0.15) is 0 Å². The number of nitrogens with one attached hydrogen (secondary N) is 5. The number of aliphatic hydroxyl groups excluding tert-OH is 3. The first kappa shape index (κ1) is 34.1. The van der Waals surface area contributed by atoms with Crippen LogP contribution in [-0.2, 0) is 33.6 Å². The number of carboxylic acids is 2. The number of rotatable bonds is 17. The summed E-state index contributed by atoms with van der Waals surface area (Å²) < 4.78 is 0. The first-order chi connectivity index (χ1) is 17.6. The SMILES string of the molecule is C[C@@H](O)[C@H](NC(=O)CN)C(=O)N[C@H](C(=O)N[C@@H](CCC(=O)O)C(=O)NCC(=O)N[C@@H](CO)C(=O)O)[C@@H](C)O. The lowest BCUT2D eigenvalue weighted by molar-refractivity contribution is -0.143. The second-order valence-corrected chi connectivity index (χ2v) is 8.07. The molecule has 5 amide bonds. The third kappa shape index (κ3) is 12.4. The van der Waals surface area contributed by atoms with Gasteiger partial charge in [0.15, 0.2) is 0 Å². The van der Waals surface area contributed by atoms with E-state index in [2.05, 4.69) is 21.3 Å². The Morgan fingerprint density at radius 2 is 1.26 bits per heavy atom. The molecule has 6 atom stereocenters. The number of amides is 5. The third-order valence-electron chi connectivity index (χ3n) is 4.85. The number of hydrogen-bond donors (Lipinski definition) is 11. The fourth-order valence-corrected chi connectivity index (χ4v) is 2.81. The lowest BCUT2D eigenvalue weighted by Crippen LogP contribution is -2.61. The van der Waals surface area contributed by atoms with Crippen LogP contribution in [0.5, 0.6) is 0 Å². The molecule has 0 spiro atoms. The normalized spacial score (nSPS) is 15.4. The topological polar surface area (TPSA) is 307 Å². The highest BCUT2D eigenvalue weighted by Crippen LogP contribution is 2.03. The standard InChI is InChI=1S/C20H34N6O12/c1-8(28)15(25-12(30)5-21)19(36)26-16(9(2)29)18(35)24-10(3-4-14(32)33)17(34)22-6-13(31)23-11(7-27)20(37)38/h8-11,15-16,27-29H,3-7,21H2,1-2H3,(H,22,34)(H,23,31)(H,24,35)(H,25,30)(H,26,36)(H,32,33)(H,37,38)/t8-,9-,10+,11+,15+,16+/m1/s1. The number of carboxylic acid groups (broad SMARTS) is 2. The summed E-state index contributed by atoms with van der Waals surface area (Å²) in [4.78, 5) is 83.1. The van der Waals surface area contributed by atoms with Crippen molar-refractivity contribution in [3.8, 4) is 0 Å². The second kappa shape index (κ2) is 16.8. The predicted octanol–water partition coefficient (Wildman–Crippen LogP) is -6.30. The van der Waals surface area contributed by atoms with Crippen LogP contribution in [0.2, 0.25) is 0 Å². The molecule has 12 N–H and O–H groups in total. The number of aliphatic carboxylic acids is 2. The maximum absolute atomic E-state index is 12.8. The summed E-state index contributed by atoms with van der Waals surface area (Å²) in [5.74, 6) is -7.97. The molecule has 0 unspecified atom stereocenters. The van der Waals surface area contributed by atoms with Gasteiger partial charge in [0.25, 0.3) is 0 Å². The van der Waals surface area contributed by atoms with Gasteiger partial charge >= 0.3 is 11.9 Å². The second-order valence-electron chi connectivity index (χ2n) is 8.07. The maximum Gasteiger partial charge on any atom is 0.328 e. The molecule has 0 heterocycles. The van der Waals surface area contributed by atoms with Crippen molar-refractivity contribution in [3.05, 3.63) is 0 Å². The molecule has 0 saturated carbocycles. The van der Waals surface area contributed by atoms with E-state index in [1.165, 1.54) is 6.92 Å². The summed E-state index contributed by atoms with van der Waals surface area (Å²) in [6.45, 7) is 0.0451. The van der Waals surface area contributed by atoms with Gasteiger partial charge in [-0.3, -0.25) is 28.8 Å². The van der Waals surface area contributed by atoms with Gasteiger partial charge in [0.05, 0.1) is 31.9 Å². The Bertz CT molecular complexity index is 881. The smallest absolute Gasteiger partial charge is 0.328 e. The minimum Gasteiger partial charge on any atom is -0.481 e. The number of hydrogen-bond acceptors (Lipinski definition) is 11. The van der Waals surface area contributed by atoms with Crippen molar-refractivity contribution in [1.82, 2.24) is 26.6 Å². The van der Waals surface area contributed by atoms with E-state index >= 15 is 0 Å². The predicted molar refractivity (Wildman–Crippen MR) is 125 cm³/mol. The minimum atomic E-state index is -1.73. The molecule has 38 heavy (non-hydrogen) atoms. The molecular formula is C20H34N6O12. The Morgan fingerprint density at radius 1 is 0.737 bits per heavy atom. The van der Waals surface area contributed by atoms with Crippen molar-refractivity contribution < 1.29 is 59.1 Å². The number of nitrogens with two attached hydrogens (primary N) is 1. The summed E-state index contributed by atoms with van der Waals surface area (Å²) in [5, 5.41) is 56.9. The van der Waals surface area contributed by atoms with Crippen LogP contribution in [0.3, 0.4) is 0 Å². The maximum atomic E-state index is 12.8. The molecule has 0 radical (unpaired) electrons. The van der Waals surface area contributed by atoms with Crippen LogP contribution in [0, 0.1) is 0 Å². The van der Waals surface area contributed by atoms with Crippen molar-refractivity contribution in [1.29, 1.82) is 0 Å². The van der Waals surface area contributed by atoms with Crippen molar-refractivity contribution >= 4 is 41.5 Å². The van der Waals surface area contributed by atoms with Gasteiger partial charge in [-0.05, 0) is 20.3 Å². The van der Waals surface area contributed by atoms with Crippen LogP contribution >= 0.6 is 0 Å². The van der Waals surface area contributed by atoms with E-state index in [1.807, 2.05) is 5.32 Å². The van der Waals surface area contributed by atoms with E-state index in [0.29, 0.717) is 0 Å². The van der Waals surface area contributed by atoms with Crippen LogP contribution in [0.1, 0.15) is 26.7 Å². The Balaban J connectivity index is 5.51. The molecule has 216 valence electrons. The first-order valence-electron chi connectivity index (χ1n) is 11.2. The van der Waals surface area contributed by atoms with Crippen LogP contribution < -0.4 is 32.3 Å². The van der Waals surface area contributed by atoms with Gasteiger partial charge in [-0.25, -0.2) is 4.79 Å². The van der Waals surface area contributed by atoms with Gasteiger partial charge in [0.2, 0.25) is 29.5 Å². The van der Waals surface area contributed by atoms with Gasteiger partial charge in [0, 0.05) is 6.42 Å². The molecule has 0 aliphatic rings. The first-order valence-corrected chi connectivity index (χ1v) is 11.2. The fraction of sp³-hybridized carbons (Fsp3) is 0.650. The number of carbonyl (C=O) groups excluding carboxylic acids is 5. The lowest BCUT2D eigenvalue weighted by atomic mass is 10.1. The zero-order valence-corrected chi connectivity index (χ0v) is 20.7. The lowest BCUT2D eigenvalue weighted by Gasteiger charge is -2.27. The molecule has 0 aliphatic carbocycles. The Morgan fingerprint density at radius 3 is 1.71 bits per heavy atom. The summed E-state index contributed by atoms with van der Waals surface area (Å²) >= 11 is 0. The molecule has 18 heteroatoms.